The minimum atomic E-state index is -0.150. The third-order valence-electron chi connectivity index (χ3n) is 4.57. The van der Waals surface area contributed by atoms with E-state index >= 15 is 0 Å². The van der Waals surface area contributed by atoms with Crippen molar-refractivity contribution in [2.24, 2.45) is 0 Å². The second-order valence-electron chi connectivity index (χ2n) is 6.65. The van der Waals surface area contributed by atoms with Crippen LogP contribution in [0.15, 0.2) is 78.2 Å². The first kappa shape index (κ1) is 21.4. The molecule has 9 heteroatoms. The second kappa shape index (κ2) is 9.97. The molecule has 0 saturated heterocycles. The molecule has 0 aliphatic heterocycles. The normalized spacial score (nSPS) is 10.6. The fraction of sp³-hybridized carbons (Fsp3) is 0.130. The first-order valence-corrected chi connectivity index (χ1v) is 10.7. The summed E-state index contributed by atoms with van der Waals surface area (Å²) in [5, 5.41) is 12.2. The Kier molecular flexibility index (Phi) is 6.66. The lowest BCUT2D eigenvalue weighted by molar-refractivity contribution is -0.113. The fourth-order valence-electron chi connectivity index (χ4n) is 3.03. The molecule has 0 bridgehead atoms. The van der Waals surface area contributed by atoms with Crippen LogP contribution in [0.3, 0.4) is 0 Å². The van der Waals surface area contributed by atoms with Gasteiger partial charge in [0.2, 0.25) is 5.91 Å². The van der Waals surface area contributed by atoms with E-state index in [0.29, 0.717) is 22.4 Å². The molecule has 2 aromatic carbocycles. The molecule has 0 spiro atoms. The summed E-state index contributed by atoms with van der Waals surface area (Å²) in [5.41, 5.74) is 2.34. The zero-order valence-corrected chi connectivity index (χ0v) is 18.4. The molecular formula is C23H21N5O3S. The molecule has 0 aliphatic carbocycles. The molecule has 1 amide bonds. The van der Waals surface area contributed by atoms with Crippen molar-refractivity contribution in [3.05, 3.63) is 73.1 Å². The van der Waals surface area contributed by atoms with Crippen LogP contribution >= 0.6 is 11.8 Å². The molecule has 2 heterocycles. The lowest BCUT2D eigenvalue weighted by Gasteiger charge is -2.11. The first-order valence-electron chi connectivity index (χ1n) is 9.75. The smallest absolute Gasteiger partial charge is 0.234 e. The van der Waals surface area contributed by atoms with Crippen LogP contribution in [-0.2, 0) is 4.79 Å². The molecule has 4 aromatic rings. The van der Waals surface area contributed by atoms with E-state index in [2.05, 4.69) is 20.5 Å². The average molecular weight is 448 g/mol. The molecule has 0 radical (unpaired) electrons. The highest BCUT2D eigenvalue weighted by atomic mass is 32.2. The van der Waals surface area contributed by atoms with Crippen LogP contribution in [0.25, 0.3) is 17.1 Å². The van der Waals surface area contributed by atoms with Gasteiger partial charge in [-0.05, 0) is 48.5 Å². The quantitative estimate of drug-likeness (QED) is 0.407. The molecule has 162 valence electrons. The Morgan fingerprint density at radius 1 is 1.00 bits per heavy atom. The number of ether oxygens (including phenoxy) is 2. The van der Waals surface area contributed by atoms with Crippen molar-refractivity contribution in [2.45, 2.75) is 5.16 Å². The predicted molar refractivity (Wildman–Crippen MR) is 123 cm³/mol. The third-order valence-corrected chi connectivity index (χ3v) is 5.50. The molecule has 0 atom stereocenters. The van der Waals surface area contributed by atoms with Crippen molar-refractivity contribution in [3.8, 4) is 28.6 Å². The van der Waals surface area contributed by atoms with Gasteiger partial charge in [0.15, 0.2) is 11.0 Å². The number of anilines is 1. The zero-order chi connectivity index (χ0) is 22.3. The molecular weight excluding hydrogens is 426 g/mol. The molecule has 4 rings (SSSR count). The minimum Gasteiger partial charge on any atom is -0.497 e. The van der Waals surface area contributed by atoms with E-state index in [9.17, 15) is 4.79 Å². The maximum absolute atomic E-state index is 12.5. The van der Waals surface area contributed by atoms with Gasteiger partial charge in [-0.2, -0.15) is 0 Å². The van der Waals surface area contributed by atoms with Gasteiger partial charge in [-0.15, -0.1) is 10.2 Å². The Hall–Kier alpha value is -3.85. The number of nitrogens with one attached hydrogen (secondary N) is 1. The molecule has 0 unspecified atom stereocenters. The number of pyridine rings is 1. The summed E-state index contributed by atoms with van der Waals surface area (Å²) in [6, 6.07) is 18.5. The number of rotatable bonds is 8. The number of carbonyl (C=O) groups excluding carboxylic acids is 1. The highest BCUT2D eigenvalue weighted by Crippen LogP contribution is 2.29. The van der Waals surface area contributed by atoms with Crippen LogP contribution in [0.5, 0.6) is 11.5 Å². The van der Waals surface area contributed by atoms with E-state index in [0.717, 1.165) is 17.0 Å². The summed E-state index contributed by atoms with van der Waals surface area (Å²) < 4.78 is 12.4. The van der Waals surface area contributed by atoms with Gasteiger partial charge < -0.3 is 14.8 Å². The summed E-state index contributed by atoms with van der Waals surface area (Å²) >= 11 is 1.30. The van der Waals surface area contributed by atoms with E-state index in [4.69, 9.17) is 9.47 Å². The number of hydrogen-bond acceptors (Lipinski definition) is 7. The van der Waals surface area contributed by atoms with Crippen molar-refractivity contribution >= 4 is 23.4 Å². The number of hydrogen-bond donors (Lipinski definition) is 1. The van der Waals surface area contributed by atoms with E-state index in [-0.39, 0.29) is 11.7 Å². The van der Waals surface area contributed by atoms with Gasteiger partial charge in [0.1, 0.15) is 11.5 Å². The fourth-order valence-corrected chi connectivity index (χ4v) is 3.78. The molecule has 1 N–H and O–H groups in total. The standard InChI is InChI=1S/C23H21N5O3S/c1-30-19-10-8-17(9-11-19)25-21(29)15-32-23-27-26-22(16-5-4-12-24-14-16)28(23)18-6-3-7-20(13-18)31-2/h3-14H,15H2,1-2H3,(H,25,29). The number of amides is 1. The van der Waals surface area contributed by atoms with E-state index in [1.807, 2.05) is 41.0 Å². The largest absolute Gasteiger partial charge is 0.497 e. The van der Waals surface area contributed by atoms with Crippen molar-refractivity contribution in [2.75, 3.05) is 25.3 Å². The third kappa shape index (κ3) is 4.89. The van der Waals surface area contributed by atoms with Crippen LogP contribution in [0, 0.1) is 0 Å². The number of carbonyl (C=O) groups is 1. The first-order chi connectivity index (χ1) is 15.7. The maximum Gasteiger partial charge on any atom is 0.234 e. The van der Waals surface area contributed by atoms with Gasteiger partial charge >= 0.3 is 0 Å². The van der Waals surface area contributed by atoms with Crippen LogP contribution in [0.1, 0.15) is 0 Å². The van der Waals surface area contributed by atoms with E-state index < -0.39 is 0 Å². The predicted octanol–water partition coefficient (Wildman–Crippen LogP) is 4.08. The Morgan fingerprint density at radius 3 is 2.53 bits per heavy atom. The van der Waals surface area contributed by atoms with Crippen molar-refractivity contribution in [1.29, 1.82) is 0 Å². The number of aromatic nitrogens is 4. The zero-order valence-electron chi connectivity index (χ0n) is 17.6. The van der Waals surface area contributed by atoms with Crippen LogP contribution in [-0.4, -0.2) is 45.6 Å². The Morgan fingerprint density at radius 2 is 1.81 bits per heavy atom. The van der Waals surface area contributed by atoms with Crippen LogP contribution in [0.4, 0.5) is 5.69 Å². The van der Waals surface area contributed by atoms with Crippen LogP contribution in [0.2, 0.25) is 0 Å². The van der Waals surface area contributed by atoms with Crippen molar-refractivity contribution < 1.29 is 14.3 Å². The topological polar surface area (TPSA) is 91.2 Å². The Labute approximate surface area is 189 Å². The SMILES string of the molecule is COc1ccc(NC(=O)CSc2nnc(-c3cccnc3)n2-c2cccc(OC)c2)cc1. The van der Waals surface area contributed by atoms with E-state index in [1.165, 1.54) is 11.8 Å². The molecule has 0 aliphatic rings. The van der Waals surface area contributed by atoms with Gasteiger partial charge in [-0.1, -0.05) is 17.8 Å². The number of thioether (sulfide) groups is 1. The van der Waals surface area contributed by atoms with E-state index in [1.54, 1.807) is 50.9 Å². The van der Waals surface area contributed by atoms with Gasteiger partial charge in [0.25, 0.3) is 0 Å². The average Bonchev–Trinajstić information content (AvgIpc) is 3.28. The van der Waals surface area contributed by atoms with Gasteiger partial charge in [0, 0.05) is 29.7 Å². The molecule has 8 nitrogen and oxygen atoms in total. The monoisotopic (exact) mass is 447 g/mol. The summed E-state index contributed by atoms with van der Waals surface area (Å²) in [5.74, 6) is 2.09. The van der Waals surface area contributed by atoms with Crippen molar-refractivity contribution in [3.63, 3.8) is 0 Å². The van der Waals surface area contributed by atoms with Gasteiger partial charge in [0.05, 0.1) is 25.7 Å². The minimum absolute atomic E-state index is 0.150. The van der Waals surface area contributed by atoms with Gasteiger partial charge in [-0.25, -0.2) is 0 Å². The highest BCUT2D eigenvalue weighted by molar-refractivity contribution is 7.99. The maximum atomic E-state index is 12.5. The number of benzene rings is 2. The second-order valence-corrected chi connectivity index (χ2v) is 7.59. The summed E-state index contributed by atoms with van der Waals surface area (Å²) in [7, 11) is 3.22. The van der Waals surface area contributed by atoms with Crippen molar-refractivity contribution in [1.82, 2.24) is 19.7 Å². The lowest BCUT2D eigenvalue weighted by Crippen LogP contribution is -2.14. The van der Waals surface area contributed by atoms with Gasteiger partial charge in [-0.3, -0.25) is 14.3 Å². The summed E-state index contributed by atoms with van der Waals surface area (Å²) in [6.07, 6.45) is 3.43. The molecule has 2 aromatic heterocycles. The molecule has 32 heavy (non-hydrogen) atoms. The summed E-state index contributed by atoms with van der Waals surface area (Å²) in [6.45, 7) is 0. The van der Waals surface area contributed by atoms with Crippen LogP contribution < -0.4 is 14.8 Å². The highest BCUT2D eigenvalue weighted by Gasteiger charge is 2.18. The molecule has 0 fully saturated rings. The summed E-state index contributed by atoms with van der Waals surface area (Å²) in [4.78, 5) is 16.7. The Balaban J connectivity index is 1.57. The Bertz CT molecular complexity index is 1200. The number of nitrogens with zero attached hydrogens (tertiary/aromatic N) is 4. The lowest BCUT2D eigenvalue weighted by atomic mass is 10.2. The number of methoxy groups -OCH3 is 2. The molecule has 0 saturated carbocycles.